The molecular formula is C18H41N. The number of piperidine rings is 1. The van der Waals surface area contributed by atoms with E-state index in [1.54, 1.807) is 0 Å². The molecule has 0 aromatic carbocycles. The molecule has 0 unspecified atom stereocenters. The lowest BCUT2D eigenvalue weighted by atomic mass is 9.90. The van der Waals surface area contributed by atoms with Gasteiger partial charge in [-0.05, 0) is 44.3 Å². The van der Waals surface area contributed by atoms with Crippen LogP contribution in [0.15, 0.2) is 0 Å². The Labute approximate surface area is 124 Å². The molecule has 118 valence electrons. The average molecular weight is 272 g/mol. The molecule has 0 atom stereocenters. The summed E-state index contributed by atoms with van der Waals surface area (Å²) in [5.74, 6) is 1.94. The van der Waals surface area contributed by atoms with Gasteiger partial charge in [0.1, 0.15) is 0 Å². The van der Waals surface area contributed by atoms with Crippen LogP contribution in [0.3, 0.4) is 0 Å². The zero-order valence-corrected chi connectivity index (χ0v) is 15.0. The highest BCUT2D eigenvalue weighted by Gasteiger charge is 2.17. The molecule has 0 aliphatic carbocycles. The summed E-state index contributed by atoms with van der Waals surface area (Å²) in [5.41, 5.74) is 0. The Kier molecular flexibility index (Phi) is 17.9. The molecule has 1 fully saturated rings. The van der Waals surface area contributed by atoms with Gasteiger partial charge in [-0.15, -0.1) is 0 Å². The summed E-state index contributed by atoms with van der Waals surface area (Å²) in [5, 5.41) is 0. The van der Waals surface area contributed by atoms with E-state index in [4.69, 9.17) is 0 Å². The van der Waals surface area contributed by atoms with Gasteiger partial charge in [0, 0.05) is 0 Å². The molecule has 1 heteroatoms. The van der Waals surface area contributed by atoms with E-state index in [0.717, 1.165) is 11.8 Å². The van der Waals surface area contributed by atoms with E-state index in [1.165, 1.54) is 58.2 Å². The molecule has 0 bridgehead atoms. The van der Waals surface area contributed by atoms with E-state index in [1.807, 2.05) is 27.7 Å². The summed E-state index contributed by atoms with van der Waals surface area (Å²) in [6, 6.07) is 0. The predicted molar refractivity (Wildman–Crippen MR) is 90.8 cm³/mol. The van der Waals surface area contributed by atoms with Crippen LogP contribution in [-0.4, -0.2) is 24.5 Å². The summed E-state index contributed by atoms with van der Waals surface area (Å²) in [6.45, 7) is 18.9. The van der Waals surface area contributed by atoms with Crippen LogP contribution in [0, 0.1) is 11.8 Å². The van der Waals surface area contributed by atoms with Crippen molar-refractivity contribution in [2.45, 2.75) is 87.0 Å². The molecule has 0 amide bonds. The molecule has 19 heavy (non-hydrogen) atoms. The van der Waals surface area contributed by atoms with Crippen molar-refractivity contribution in [2.24, 2.45) is 11.8 Å². The fraction of sp³-hybridized carbons (Fsp3) is 1.00. The molecule has 0 radical (unpaired) electrons. The summed E-state index contributed by atoms with van der Waals surface area (Å²) in [6.07, 6.45) is 8.74. The van der Waals surface area contributed by atoms with Crippen LogP contribution in [0.25, 0.3) is 0 Å². The Hall–Kier alpha value is -0.0400. The van der Waals surface area contributed by atoms with Gasteiger partial charge >= 0.3 is 0 Å². The van der Waals surface area contributed by atoms with E-state index in [9.17, 15) is 0 Å². The lowest BCUT2D eigenvalue weighted by Crippen LogP contribution is -2.33. The van der Waals surface area contributed by atoms with Crippen LogP contribution in [-0.2, 0) is 0 Å². The summed E-state index contributed by atoms with van der Waals surface area (Å²) >= 11 is 0. The second-order valence-corrected chi connectivity index (χ2v) is 5.56. The smallest absolute Gasteiger partial charge is 0.00162 e. The Morgan fingerprint density at radius 3 is 1.89 bits per heavy atom. The van der Waals surface area contributed by atoms with Gasteiger partial charge in [-0.25, -0.2) is 0 Å². The maximum Gasteiger partial charge on any atom is -0.00162 e. The predicted octanol–water partition coefficient (Wildman–Crippen LogP) is 5.99. The van der Waals surface area contributed by atoms with Crippen molar-refractivity contribution in [3.8, 4) is 0 Å². The maximum atomic E-state index is 2.59. The molecule has 0 saturated carbocycles. The molecule has 1 nitrogen and oxygen atoms in total. The van der Waals surface area contributed by atoms with Crippen LogP contribution in [0.1, 0.15) is 87.0 Å². The third-order valence-corrected chi connectivity index (χ3v) is 3.80. The van der Waals surface area contributed by atoms with E-state index in [0.29, 0.717) is 0 Å². The highest BCUT2D eigenvalue weighted by Crippen LogP contribution is 2.23. The zero-order chi connectivity index (χ0) is 15.1. The van der Waals surface area contributed by atoms with Gasteiger partial charge in [0.25, 0.3) is 0 Å². The molecular weight excluding hydrogens is 230 g/mol. The third kappa shape index (κ3) is 12.7. The van der Waals surface area contributed by atoms with Gasteiger partial charge in [0.2, 0.25) is 0 Å². The fourth-order valence-electron chi connectivity index (χ4n) is 2.58. The van der Waals surface area contributed by atoms with E-state index in [2.05, 4.69) is 25.7 Å². The second kappa shape index (κ2) is 16.0. The molecule has 1 aliphatic rings. The van der Waals surface area contributed by atoms with Crippen LogP contribution < -0.4 is 0 Å². The first-order chi connectivity index (χ1) is 9.22. The molecule has 1 heterocycles. The Bertz CT molecular complexity index is 146. The molecule has 0 spiro atoms. The first-order valence-electron chi connectivity index (χ1n) is 8.94. The van der Waals surface area contributed by atoms with Crippen molar-refractivity contribution in [1.82, 2.24) is 4.90 Å². The van der Waals surface area contributed by atoms with Crippen LogP contribution in [0.2, 0.25) is 0 Å². The number of unbranched alkanes of at least 4 members (excludes halogenated alkanes) is 1. The number of rotatable bonds is 6. The average Bonchev–Trinajstić information content (AvgIpc) is 2.48. The number of hydrogen-bond donors (Lipinski definition) is 0. The highest BCUT2D eigenvalue weighted by atomic mass is 15.1. The van der Waals surface area contributed by atoms with Crippen molar-refractivity contribution in [3.63, 3.8) is 0 Å². The Balaban J connectivity index is 0. The van der Waals surface area contributed by atoms with Crippen LogP contribution >= 0.6 is 0 Å². The molecule has 0 N–H and O–H groups in total. The van der Waals surface area contributed by atoms with Crippen molar-refractivity contribution in [2.75, 3.05) is 19.6 Å². The second-order valence-electron chi connectivity index (χ2n) is 5.56. The SMILES string of the molecule is CC.CC.CCN1CCC(CCCCC(C)C)CC1. The van der Waals surface area contributed by atoms with Gasteiger partial charge in [0.05, 0.1) is 0 Å². The largest absolute Gasteiger partial charge is 0.304 e. The van der Waals surface area contributed by atoms with Crippen molar-refractivity contribution in [1.29, 1.82) is 0 Å². The van der Waals surface area contributed by atoms with Crippen molar-refractivity contribution >= 4 is 0 Å². The fourth-order valence-corrected chi connectivity index (χ4v) is 2.58. The summed E-state index contributed by atoms with van der Waals surface area (Å²) in [7, 11) is 0. The maximum absolute atomic E-state index is 2.59. The van der Waals surface area contributed by atoms with Gasteiger partial charge in [-0.2, -0.15) is 0 Å². The molecule has 0 aromatic rings. The standard InChI is InChI=1S/C14H29N.2C2H6/c1-4-15-11-9-14(10-12-15)8-6-5-7-13(2)3;2*1-2/h13-14H,4-12H2,1-3H3;2*1-2H3. The summed E-state index contributed by atoms with van der Waals surface area (Å²) in [4.78, 5) is 2.59. The van der Waals surface area contributed by atoms with Crippen molar-refractivity contribution in [3.05, 3.63) is 0 Å². The van der Waals surface area contributed by atoms with Crippen molar-refractivity contribution < 1.29 is 0 Å². The summed E-state index contributed by atoms with van der Waals surface area (Å²) < 4.78 is 0. The number of hydrogen-bond acceptors (Lipinski definition) is 1. The van der Waals surface area contributed by atoms with E-state index >= 15 is 0 Å². The van der Waals surface area contributed by atoms with E-state index in [-0.39, 0.29) is 0 Å². The van der Waals surface area contributed by atoms with Crippen LogP contribution in [0.4, 0.5) is 0 Å². The first kappa shape index (κ1) is 21.3. The Morgan fingerprint density at radius 2 is 1.47 bits per heavy atom. The molecule has 1 saturated heterocycles. The molecule has 0 aromatic heterocycles. The van der Waals surface area contributed by atoms with E-state index < -0.39 is 0 Å². The quantitative estimate of drug-likeness (QED) is 0.537. The minimum Gasteiger partial charge on any atom is -0.304 e. The molecule has 1 rings (SSSR count). The Morgan fingerprint density at radius 1 is 0.947 bits per heavy atom. The third-order valence-electron chi connectivity index (χ3n) is 3.80. The highest BCUT2D eigenvalue weighted by molar-refractivity contribution is 4.71. The first-order valence-corrected chi connectivity index (χ1v) is 8.94. The van der Waals surface area contributed by atoms with Gasteiger partial charge < -0.3 is 4.90 Å². The minimum atomic E-state index is 0.895. The lowest BCUT2D eigenvalue weighted by Gasteiger charge is -2.31. The number of nitrogens with zero attached hydrogens (tertiary/aromatic N) is 1. The number of likely N-dealkylation sites (tertiary alicyclic amines) is 1. The van der Waals surface area contributed by atoms with Crippen LogP contribution in [0.5, 0.6) is 0 Å². The zero-order valence-electron chi connectivity index (χ0n) is 15.0. The van der Waals surface area contributed by atoms with Gasteiger partial charge in [0.15, 0.2) is 0 Å². The normalized spacial score (nSPS) is 16.4. The lowest BCUT2D eigenvalue weighted by molar-refractivity contribution is 0.184. The minimum absolute atomic E-state index is 0.895. The topological polar surface area (TPSA) is 3.24 Å². The monoisotopic (exact) mass is 271 g/mol. The molecule has 1 aliphatic heterocycles. The van der Waals surface area contributed by atoms with Gasteiger partial charge in [-0.3, -0.25) is 0 Å². The van der Waals surface area contributed by atoms with Gasteiger partial charge in [-0.1, -0.05) is 74.1 Å².